The quantitative estimate of drug-likeness (QED) is 0.604. The topological polar surface area (TPSA) is 79.5 Å². The standard InChI is InChI=1S/C23H26N4O2S/c24-12-14-26(16-19-7-6-13-25-15-19)17-20-18-27(23-11-5-4-10-22(20)23)30(28,29)21-8-2-1-3-9-21/h1-11,13,15,20H,12,14,16-18,24H2. The molecule has 1 aliphatic heterocycles. The molecule has 0 aliphatic carbocycles. The first kappa shape index (κ1) is 20.5. The number of para-hydroxylation sites is 1. The number of rotatable bonds is 8. The highest BCUT2D eigenvalue weighted by molar-refractivity contribution is 7.92. The Morgan fingerprint density at radius 1 is 1.03 bits per heavy atom. The molecule has 2 N–H and O–H groups in total. The minimum Gasteiger partial charge on any atom is -0.329 e. The Morgan fingerprint density at radius 2 is 1.80 bits per heavy atom. The maximum absolute atomic E-state index is 13.3. The van der Waals surface area contributed by atoms with Crippen LogP contribution in [0.4, 0.5) is 5.69 Å². The van der Waals surface area contributed by atoms with E-state index in [9.17, 15) is 8.42 Å². The molecule has 0 radical (unpaired) electrons. The first-order valence-electron chi connectivity index (χ1n) is 10.1. The lowest BCUT2D eigenvalue weighted by Crippen LogP contribution is -2.36. The molecule has 0 saturated heterocycles. The molecule has 1 aliphatic rings. The normalized spacial score (nSPS) is 16.1. The summed E-state index contributed by atoms with van der Waals surface area (Å²) < 4.78 is 28.2. The van der Waals surface area contributed by atoms with Crippen LogP contribution in [0.5, 0.6) is 0 Å². The molecular formula is C23H26N4O2S. The molecule has 156 valence electrons. The summed E-state index contributed by atoms with van der Waals surface area (Å²) in [4.78, 5) is 6.79. The SMILES string of the molecule is NCCN(Cc1cccnc1)CC1CN(S(=O)(=O)c2ccccc2)c2ccccc21. The summed E-state index contributed by atoms with van der Waals surface area (Å²) >= 11 is 0. The smallest absolute Gasteiger partial charge is 0.264 e. The third-order valence-electron chi connectivity index (χ3n) is 5.42. The predicted molar refractivity (Wildman–Crippen MR) is 119 cm³/mol. The second-order valence-electron chi connectivity index (χ2n) is 7.49. The van der Waals surface area contributed by atoms with Gasteiger partial charge in [-0.3, -0.25) is 14.2 Å². The summed E-state index contributed by atoms with van der Waals surface area (Å²) in [7, 11) is -3.61. The fourth-order valence-electron chi connectivity index (χ4n) is 4.04. The van der Waals surface area contributed by atoms with Gasteiger partial charge < -0.3 is 5.73 Å². The maximum Gasteiger partial charge on any atom is 0.264 e. The van der Waals surface area contributed by atoms with Gasteiger partial charge in [0.2, 0.25) is 0 Å². The van der Waals surface area contributed by atoms with E-state index in [0.29, 0.717) is 18.0 Å². The van der Waals surface area contributed by atoms with Crippen molar-refractivity contribution in [2.75, 3.05) is 30.5 Å². The number of nitrogens with zero attached hydrogens (tertiary/aromatic N) is 3. The van der Waals surface area contributed by atoms with Crippen LogP contribution in [0.15, 0.2) is 84.0 Å². The second-order valence-corrected chi connectivity index (χ2v) is 9.35. The lowest BCUT2D eigenvalue weighted by atomic mass is 10.0. The van der Waals surface area contributed by atoms with Crippen LogP contribution in [-0.2, 0) is 16.6 Å². The van der Waals surface area contributed by atoms with Crippen molar-refractivity contribution < 1.29 is 8.42 Å². The summed E-state index contributed by atoms with van der Waals surface area (Å²) in [5.41, 5.74) is 8.80. The van der Waals surface area contributed by atoms with Gasteiger partial charge in [-0.1, -0.05) is 42.5 Å². The number of nitrogens with two attached hydrogens (primary N) is 1. The van der Waals surface area contributed by atoms with Gasteiger partial charge in [-0.2, -0.15) is 0 Å². The fraction of sp³-hybridized carbons (Fsp3) is 0.261. The summed E-state index contributed by atoms with van der Waals surface area (Å²) in [5, 5.41) is 0. The van der Waals surface area contributed by atoms with Gasteiger partial charge in [0.1, 0.15) is 0 Å². The molecule has 7 heteroatoms. The maximum atomic E-state index is 13.3. The molecule has 4 rings (SSSR count). The Morgan fingerprint density at radius 3 is 2.53 bits per heavy atom. The molecule has 2 heterocycles. The predicted octanol–water partition coefficient (Wildman–Crippen LogP) is 2.84. The van der Waals surface area contributed by atoms with Crippen LogP contribution in [0.1, 0.15) is 17.0 Å². The molecule has 0 saturated carbocycles. The van der Waals surface area contributed by atoms with Gasteiger partial charge in [-0.25, -0.2) is 8.42 Å². The van der Waals surface area contributed by atoms with Gasteiger partial charge in [0.05, 0.1) is 10.6 Å². The molecule has 6 nitrogen and oxygen atoms in total. The molecule has 0 fully saturated rings. The van der Waals surface area contributed by atoms with Gasteiger partial charge in [-0.05, 0) is 35.4 Å². The van der Waals surface area contributed by atoms with Crippen LogP contribution in [0, 0.1) is 0 Å². The Bertz CT molecular complexity index is 1070. The highest BCUT2D eigenvalue weighted by Crippen LogP contribution is 2.39. The highest BCUT2D eigenvalue weighted by Gasteiger charge is 2.36. The van der Waals surface area contributed by atoms with E-state index in [1.165, 1.54) is 0 Å². The van der Waals surface area contributed by atoms with E-state index in [0.717, 1.165) is 36.4 Å². The van der Waals surface area contributed by atoms with Crippen LogP contribution in [0.3, 0.4) is 0 Å². The number of anilines is 1. The van der Waals surface area contributed by atoms with Crippen molar-refractivity contribution in [1.82, 2.24) is 9.88 Å². The average Bonchev–Trinajstić information content (AvgIpc) is 3.15. The van der Waals surface area contributed by atoms with Gasteiger partial charge in [-0.15, -0.1) is 0 Å². The molecule has 1 aromatic heterocycles. The van der Waals surface area contributed by atoms with E-state index in [2.05, 4.69) is 9.88 Å². The van der Waals surface area contributed by atoms with E-state index in [4.69, 9.17) is 5.73 Å². The third kappa shape index (κ3) is 4.23. The zero-order valence-electron chi connectivity index (χ0n) is 16.8. The monoisotopic (exact) mass is 422 g/mol. The number of hydrogen-bond donors (Lipinski definition) is 1. The third-order valence-corrected chi connectivity index (χ3v) is 7.21. The number of aromatic nitrogens is 1. The first-order chi connectivity index (χ1) is 14.6. The lowest BCUT2D eigenvalue weighted by Gasteiger charge is -2.26. The van der Waals surface area contributed by atoms with Crippen LogP contribution < -0.4 is 10.0 Å². The van der Waals surface area contributed by atoms with Crippen LogP contribution in [-0.4, -0.2) is 44.5 Å². The van der Waals surface area contributed by atoms with E-state index in [1.54, 1.807) is 34.8 Å². The lowest BCUT2D eigenvalue weighted by molar-refractivity contribution is 0.258. The molecule has 3 aromatic rings. The van der Waals surface area contributed by atoms with E-state index in [-0.39, 0.29) is 5.92 Å². The van der Waals surface area contributed by atoms with E-state index in [1.807, 2.05) is 48.7 Å². The Labute approximate surface area is 178 Å². The molecule has 0 spiro atoms. The second kappa shape index (κ2) is 8.95. The van der Waals surface area contributed by atoms with Crippen molar-refractivity contribution >= 4 is 15.7 Å². The first-order valence-corrected chi connectivity index (χ1v) is 11.5. The summed E-state index contributed by atoms with van der Waals surface area (Å²) in [5.74, 6) is 0.0721. The van der Waals surface area contributed by atoms with Crippen molar-refractivity contribution in [3.63, 3.8) is 0 Å². The zero-order chi connectivity index (χ0) is 21.0. The summed E-state index contributed by atoms with van der Waals surface area (Å²) in [6.07, 6.45) is 3.62. The summed E-state index contributed by atoms with van der Waals surface area (Å²) in [6, 6.07) is 20.4. The zero-order valence-corrected chi connectivity index (χ0v) is 17.6. The van der Waals surface area contributed by atoms with Gasteiger partial charge >= 0.3 is 0 Å². The van der Waals surface area contributed by atoms with Crippen molar-refractivity contribution in [3.05, 3.63) is 90.3 Å². The average molecular weight is 423 g/mol. The minimum atomic E-state index is -3.61. The molecule has 0 bridgehead atoms. The van der Waals surface area contributed by atoms with Gasteiger partial charge in [0.15, 0.2) is 0 Å². The minimum absolute atomic E-state index is 0.0721. The highest BCUT2D eigenvalue weighted by atomic mass is 32.2. The van der Waals surface area contributed by atoms with Gasteiger partial charge in [0, 0.05) is 51.0 Å². The molecule has 2 aromatic carbocycles. The van der Waals surface area contributed by atoms with Crippen LogP contribution in [0.25, 0.3) is 0 Å². The van der Waals surface area contributed by atoms with Crippen molar-refractivity contribution in [2.45, 2.75) is 17.4 Å². The molecule has 1 atom stereocenters. The van der Waals surface area contributed by atoms with Crippen molar-refractivity contribution in [1.29, 1.82) is 0 Å². The number of pyridine rings is 1. The summed E-state index contributed by atoms with van der Waals surface area (Å²) in [6.45, 7) is 3.16. The number of fused-ring (bicyclic) bond motifs is 1. The molecular weight excluding hydrogens is 396 g/mol. The Hall–Kier alpha value is -2.74. The number of hydrogen-bond acceptors (Lipinski definition) is 5. The fourth-order valence-corrected chi connectivity index (χ4v) is 5.60. The number of sulfonamides is 1. The van der Waals surface area contributed by atoms with Crippen LogP contribution in [0.2, 0.25) is 0 Å². The van der Waals surface area contributed by atoms with E-state index < -0.39 is 10.0 Å². The Balaban J connectivity index is 1.60. The largest absolute Gasteiger partial charge is 0.329 e. The van der Waals surface area contributed by atoms with Crippen LogP contribution >= 0.6 is 0 Å². The molecule has 30 heavy (non-hydrogen) atoms. The number of benzene rings is 2. The molecule has 1 unspecified atom stereocenters. The van der Waals surface area contributed by atoms with Crippen molar-refractivity contribution in [3.8, 4) is 0 Å². The molecule has 0 amide bonds. The Kier molecular flexibility index (Phi) is 6.13. The van der Waals surface area contributed by atoms with Gasteiger partial charge in [0.25, 0.3) is 10.0 Å². The van der Waals surface area contributed by atoms with E-state index >= 15 is 0 Å². The van der Waals surface area contributed by atoms with Crippen molar-refractivity contribution in [2.24, 2.45) is 5.73 Å².